The van der Waals surface area contributed by atoms with E-state index in [1.54, 1.807) is 11.3 Å². The van der Waals surface area contributed by atoms with Crippen molar-refractivity contribution in [1.29, 1.82) is 0 Å². The Hall–Kier alpha value is -3.04. The van der Waals surface area contributed by atoms with Crippen molar-refractivity contribution >= 4 is 39.4 Å². The fraction of sp³-hybridized carbons (Fsp3) is 0.333. The molecule has 170 valence electrons. The van der Waals surface area contributed by atoms with Crippen LogP contribution < -0.4 is 5.32 Å². The van der Waals surface area contributed by atoms with Gasteiger partial charge in [0.1, 0.15) is 11.4 Å². The molecule has 0 saturated carbocycles. The lowest BCUT2D eigenvalue weighted by atomic mass is 10.0. The van der Waals surface area contributed by atoms with Crippen LogP contribution in [0.5, 0.6) is 0 Å². The normalized spacial score (nSPS) is 16.3. The number of piperidine rings is 1. The van der Waals surface area contributed by atoms with E-state index in [0.29, 0.717) is 30.2 Å². The molecular weight excluding hydrogens is 454 g/mol. The van der Waals surface area contributed by atoms with Gasteiger partial charge in [0.05, 0.1) is 15.6 Å². The summed E-state index contributed by atoms with van der Waals surface area (Å²) in [6.45, 7) is 6.96. The van der Waals surface area contributed by atoms with Gasteiger partial charge in [-0.3, -0.25) is 14.0 Å². The van der Waals surface area contributed by atoms with Crippen LogP contribution in [-0.2, 0) is 0 Å². The van der Waals surface area contributed by atoms with Gasteiger partial charge in [-0.05, 0) is 39.2 Å². The number of hydrogen-bond acceptors (Lipinski definition) is 6. The van der Waals surface area contributed by atoms with E-state index in [0.717, 1.165) is 33.3 Å². The number of aromatic nitrogens is 3. The number of fused-ring (bicyclic) bond motifs is 1. The number of hydrogen-bond donors (Lipinski definition) is 1. The van der Waals surface area contributed by atoms with Crippen LogP contribution in [0.3, 0.4) is 0 Å². The molecular formula is C24H25N5O2S2. The summed E-state index contributed by atoms with van der Waals surface area (Å²) in [6, 6.07) is 8.07. The first kappa shape index (κ1) is 21.8. The summed E-state index contributed by atoms with van der Waals surface area (Å²) in [5, 5.41) is 5.92. The van der Waals surface area contributed by atoms with Crippen molar-refractivity contribution in [2.75, 3.05) is 13.1 Å². The lowest BCUT2D eigenvalue weighted by molar-refractivity contribution is 0.0671. The molecule has 1 aliphatic heterocycles. The lowest BCUT2D eigenvalue weighted by Gasteiger charge is -2.33. The van der Waals surface area contributed by atoms with Gasteiger partial charge in [-0.25, -0.2) is 9.97 Å². The van der Waals surface area contributed by atoms with E-state index in [1.807, 2.05) is 65.9 Å². The summed E-state index contributed by atoms with van der Waals surface area (Å²) in [5.74, 6) is -0.225. The Morgan fingerprint density at radius 1 is 1.12 bits per heavy atom. The zero-order valence-electron chi connectivity index (χ0n) is 18.8. The smallest absolute Gasteiger partial charge is 0.274 e. The number of aryl methyl sites for hydroxylation is 3. The minimum absolute atomic E-state index is 0.0744. The van der Waals surface area contributed by atoms with Crippen LogP contribution in [0.2, 0.25) is 0 Å². The maximum Gasteiger partial charge on any atom is 0.274 e. The van der Waals surface area contributed by atoms with E-state index in [1.165, 1.54) is 16.9 Å². The average molecular weight is 480 g/mol. The molecule has 0 spiro atoms. The predicted molar refractivity (Wildman–Crippen MR) is 131 cm³/mol. The SMILES string of the molecule is Cc1ccc(-c2sc(C)nc2C(=O)N2CCC[C@@H](NC(=O)c3c(C)nc4sccn34)C2)cc1. The highest BCUT2D eigenvalue weighted by atomic mass is 32.1. The third kappa shape index (κ3) is 4.18. The zero-order valence-corrected chi connectivity index (χ0v) is 20.4. The molecule has 0 aliphatic carbocycles. The maximum atomic E-state index is 13.5. The number of benzene rings is 1. The molecule has 33 heavy (non-hydrogen) atoms. The monoisotopic (exact) mass is 479 g/mol. The molecule has 1 N–H and O–H groups in total. The zero-order chi connectivity index (χ0) is 23.1. The Bertz CT molecular complexity index is 1330. The van der Waals surface area contributed by atoms with Gasteiger partial charge in [-0.1, -0.05) is 29.8 Å². The van der Waals surface area contributed by atoms with Gasteiger partial charge >= 0.3 is 0 Å². The fourth-order valence-corrected chi connectivity index (χ4v) is 6.00. The molecule has 0 bridgehead atoms. The Balaban J connectivity index is 1.34. The lowest BCUT2D eigenvalue weighted by Crippen LogP contribution is -2.50. The molecule has 9 heteroatoms. The molecule has 1 fully saturated rings. The van der Waals surface area contributed by atoms with Crippen LogP contribution in [0.25, 0.3) is 15.4 Å². The first-order valence-corrected chi connectivity index (χ1v) is 12.7. The van der Waals surface area contributed by atoms with E-state index in [9.17, 15) is 9.59 Å². The summed E-state index contributed by atoms with van der Waals surface area (Å²) >= 11 is 3.04. The Morgan fingerprint density at radius 2 is 1.91 bits per heavy atom. The van der Waals surface area contributed by atoms with Crippen molar-refractivity contribution < 1.29 is 9.59 Å². The van der Waals surface area contributed by atoms with Crippen molar-refractivity contribution in [3.8, 4) is 10.4 Å². The van der Waals surface area contributed by atoms with E-state index < -0.39 is 0 Å². The molecule has 1 atom stereocenters. The summed E-state index contributed by atoms with van der Waals surface area (Å²) in [4.78, 5) is 39.1. The molecule has 7 nitrogen and oxygen atoms in total. The second-order valence-corrected chi connectivity index (χ2v) is 10.5. The summed E-state index contributed by atoms with van der Waals surface area (Å²) in [5.41, 5.74) is 3.96. The number of likely N-dealkylation sites (tertiary alicyclic amines) is 1. The number of nitrogens with zero attached hydrogens (tertiary/aromatic N) is 4. The number of thiazole rings is 2. The molecule has 3 aromatic heterocycles. The molecule has 1 saturated heterocycles. The van der Waals surface area contributed by atoms with Gasteiger partial charge in [-0.2, -0.15) is 0 Å². The highest BCUT2D eigenvalue weighted by Crippen LogP contribution is 2.32. The molecule has 1 aromatic carbocycles. The molecule has 0 radical (unpaired) electrons. The Morgan fingerprint density at radius 3 is 2.70 bits per heavy atom. The van der Waals surface area contributed by atoms with Crippen LogP contribution in [0.1, 0.15) is 50.1 Å². The van der Waals surface area contributed by atoms with Crippen LogP contribution in [0, 0.1) is 20.8 Å². The number of nitrogens with one attached hydrogen (secondary N) is 1. The standard InChI is InChI=1S/C24H25N5O2S2/c1-14-6-8-17(9-7-14)21-19(26-16(3)33-21)23(31)28-10-4-5-18(13-28)27-22(30)20-15(2)25-24-29(20)11-12-32-24/h6-9,11-12,18H,4-5,10,13H2,1-3H3,(H,27,30)/t18-/m1/s1. The highest BCUT2D eigenvalue weighted by Gasteiger charge is 2.30. The molecule has 5 rings (SSSR count). The third-order valence-corrected chi connectivity index (χ3v) is 7.72. The average Bonchev–Trinajstić information content (AvgIpc) is 3.48. The van der Waals surface area contributed by atoms with Gasteiger partial charge in [0.15, 0.2) is 4.96 Å². The maximum absolute atomic E-state index is 13.5. The van der Waals surface area contributed by atoms with Crippen molar-refractivity contribution in [1.82, 2.24) is 24.6 Å². The van der Waals surface area contributed by atoms with Gasteiger partial charge in [-0.15, -0.1) is 22.7 Å². The van der Waals surface area contributed by atoms with E-state index in [4.69, 9.17) is 0 Å². The van der Waals surface area contributed by atoms with Gasteiger partial charge in [0.25, 0.3) is 11.8 Å². The minimum atomic E-state index is -0.150. The van der Waals surface area contributed by atoms with Crippen molar-refractivity contribution in [2.24, 2.45) is 0 Å². The van der Waals surface area contributed by atoms with Crippen molar-refractivity contribution in [3.63, 3.8) is 0 Å². The molecule has 0 unspecified atom stereocenters. The Labute approximate surface area is 200 Å². The van der Waals surface area contributed by atoms with Crippen molar-refractivity contribution in [3.05, 3.63) is 63.5 Å². The Kier molecular flexibility index (Phi) is 5.76. The number of carbonyl (C=O) groups is 2. The quantitative estimate of drug-likeness (QED) is 0.468. The third-order valence-electron chi connectivity index (χ3n) is 5.95. The molecule has 2 amide bonds. The first-order chi connectivity index (χ1) is 15.9. The minimum Gasteiger partial charge on any atom is -0.346 e. The molecule has 4 aromatic rings. The highest BCUT2D eigenvalue weighted by molar-refractivity contribution is 7.15. The fourth-order valence-electron chi connectivity index (χ4n) is 4.32. The first-order valence-electron chi connectivity index (χ1n) is 11.0. The second-order valence-electron chi connectivity index (χ2n) is 8.44. The van der Waals surface area contributed by atoms with E-state index in [-0.39, 0.29) is 17.9 Å². The molecule has 1 aliphatic rings. The van der Waals surface area contributed by atoms with Crippen molar-refractivity contribution in [2.45, 2.75) is 39.7 Å². The van der Waals surface area contributed by atoms with Gasteiger partial charge in [0.2, 0.25) is 0 Å². The summed E-state index contributed by atoms with van der Waals surface area (Å²) in [6.07, 6.45) is 3.53. The topological polar surface area (TPSA) is 79.6 Å². The predicted octanol–water partition coefficient (Wildman–Crippen LogP) is 4.48. The number of carbonyl (C=O) groups excluding carboxylic acids is 2. The van der Waals surface area contributed by atoms with E-state index in [2.05, 4.69) is 15.3 Å². The second kappa shape index (κ2) is 8.72. The van der Waals surface area contributed by atoms with Crippen LogP contribution >= 0.6 is 22.7 Å². The number of imidazole rings is 1. The van der Waals surface area contributed by atoms with E-state index >= 15 is 0 Å². The van der Waals surface area contributed by atoms with Crippen LogP contribution in [0.15, 0.2) is 35.8 Å². The van der Waals surface area contributed by atoms with Gasteiger partial charge < -0.3 is 10.2 Å². The molecule has 4 heterocycles. The van der Waals surface area contributed by atoms with Gasteiger partial charge in [0, 0.05) is 30.7 Å². The summed E-state index contributed by atoms with van der Waals surface area (Å²) < 4.78 is 1.83. The summed E-state index contributed by atoms with van der Waals surface area (Å²) in [7, 11) is 0. The number of rotatable bonds is 4. The van der Waals surface area contributed by atoms with Crippen LogP contribution in [0.4, 0.5) is 0 Å². The number of amides is 2. The van der Waals surface area contributed by atoms with Crippen LogP contribution in [-0.4, -0.2) is 50.2 Å². The largest absolute Gasteiger partial charge is 0.346 e.